The molecular formula is C32H65NaO6. The minimum absolute atomic E-state index is 0. The maximum Gasteiger partial charge on any atom is 1.00 e. The molecule has 0 spiro atoms. The van der Waals surface area contributed by atoms with E-state index in [9.17, 15) is 14.7 Å². The number of unbranched alkanes of at least 4 members (excludes halogenated alkanes) is 22. The van der Waals surface area contributed by atoms with Gasteiger partial charge in [-0.15, -0.1) is 0 Å². The molecule has 0 heterocycles. The molecule has 0 radical (unpaired) electrons. The van der Waals surface area contributed by atoms with Gasteiger partial charge in [0.15, 0.2) is 0 Å². The van der Waals surface area contributed by atoms with Crippen molar-refractivity contribution in [3.05, 3.63) is 0 Å². The van der Waals surface area contributed by atoms with Crippen molar-refractivity contribution in [3.8, 4) is 0 Å². The molecule has 0 aliphatic heterocycles. The van der Waals surface area contributed by atoms with Crippen LogP contribution in [0.15, 0.2) is 0 Å². The molecule has 0 unspecified atom stereocenters. The molecule has 0 saturated heterocycles. The van der Waals surface area contributed by atoms with Crippen LogP contribution in [0.1, 0.15) is 181 Å². The summed E-state index contributed by atoms with van der Waals surface area (Å²) in [5.41, 5.74) is 0. The molecular weight excluding hydrogens is 503 g/mol. The third-order valence-electron chi connectivity index (χ3n) is 6.58. The number of carboxylic acid groups (broad SMARTS) is 2. The number of aliphatic hydroxyl groups is 2. The Morgan fingerprint density at radius 2 is 0.692 bits per heavy atom. The van der Waals surface area contributed by atoms with Crippen molar-refractivity contribution in [3.63, 3.8) is 0 Å². The predicted molar refractivity (Wildman–Crippen MR) is 158 cm³/mol. The van der Waals surface area contributed by atoms with E-state index in [1.807, 2.05) is 0 Å². The van der Waals surface area contributed by atoms with Crippen LogP contribution in [0.3, 0.4) is 0 Å². The summed E-state index contributed by atoms with van der Waals surface area (Å²) in [5.74, 6) is -1.56. The largest absolute Gasteiger partial charge is 1.00 e. The van der Waals surface area contributed by atoms with Gasteiger partial charge in [0.05, 0.1) is 13.2 Å². The van der Waals surface area contributed by atoms with Crippen LogP contribution < -0.4 is 34.7 Å². The SMILES string of the molecule is CCCCCCCCCCCC(=O)[O-].CCCCCCCCCCCCCCCCCC(=O)O.OCCO.[Na+]. The van der Waals surface area contributed by atoms with Crippen molar-refractivity contribution in [1.29, 1.82) is 0 Å². The summed E-state index contributed by atoms with van der Waals surface area (Å²) in [7, 11) is 0. The molecule has 230 valence electrons. The van der Waals surface area contributed by atoms with Crippen molar-refractivity contribution in [2.75, 3.05) is 13.2 Å². The number of aliphatic hydroxyl groups excluding tert-OH is 2. The maximum absolute atomic E-state index is 10.3. The van der Waals surface area contributed by atoms with Crippen LogP contribution in [0, 0.1) is 0 Å². The van der Waals surface area contributed by atoms with E-state index in [1.165, 1.54) is 128 Å². The Kier molecular flexibility index (Phi) is 52.7. The van der Waals surface area contributed by atoms with Gasteiger partial charge in [-0.3, -0.25) is 4.79 Å². The van der Waals surface area contributed by atoms with Gasteiger partial charge in [-0.1, -0.05) is 155 Å². The summed E-state index contributed by atoms with van der Waals surface area (Å²) >= 11 is 0. The predicted octanol–water partition coefficient (Wildman–Crippen LogP) is 4.96. The van der Waals surface area contributed by atoms with Crippen LogP contribution >= 0.6 is 0 Å². The molecule has 0 saturated carbocycles. The standard InChI is InChI=1S/C18H36O2.C12H24O2.C2H6O2.Na/c1-2-3-4-5-6-7-8-9-10-11-12-13-14-15-16-17-18(19)20;1-2-3-4-5-6-7-8-9-10-11-12(13)14;3-1-2-4;/h2-17H2,1H3,(H,19,20);2-11H2,1H3,(H,13,14);3-4H,1-2H2;/q;;;+1/p-1. The van der Waals surface area contributed by atoms with Gasteiger partial charge in [-0.25, -0.2) is 0 Å². The zero-order chi connectivity index (χ0) is 29.0. The minimum atomic E-state index is -0.909. The van der Waals surface area contributed by atoms with E-state index < -0.39 is 11.9 Å². The summed E-state index contributed by atoms with van der Waals surface area (Å²) in [4.78, 5) is 20.4. The van der Waals surface area contributed by atoms with E-state index in [0.29, 0.717) is 6.42 Å². The summed E-state index contributed by atoms with van der Waals surface area (Å²) in [6.45, 7) is 4.24. The number of carboxylic acids is 2. The Morgan fingerprint density at radius 1 is 0.462 bits per heavy atom. The zero-order valence-electron chi connectivity index (χ0n) is 26.4. The van der Waals surface area contributed by atoms with E-state index >= 15 is 0 Å². The van der Waals surface area contributed by atoms with Crippen LogP contribution in [0.2, 0.25) is 0 Å². The molecule has 0 aliphatic rings. The number of hydrogen-bond acceptors (Lipinski definition) is 5. The van der Waals surface area contributed by atoms with E-state index in [4.69, 9.17) is 15.3 Å². The molecule has 0 rings (SSSR count). The van der Waals surface area contributed by atoms with Gasteiger partial charge in [0.1, 0.15) is 0 Å². The third-order valence-corrected chi connectivity index (χ3v) is 6.58. The van der Waals surface area contributed by atoms with Gasteiger partial charge < -0.3 is 25.2 Å². The monoisotopic (exact) mass is 568 g/mol. The normalized spacial score (nSPS) is 10.1. The topological polar surface area (TPSA) is 118 Å². The molecule has 0 amide bonds. The molecule has 0 aromatic carbocycles. The van der Waals surface area contributed by atoms with E-state index in [0.717, 1.165) is 25.7 Å². The average molecular weight is 569 g/mol. The van der Waals surface area contributed by atoms with Crippen LogP contribution in [-0.4, -0.2) is 40.5 Å². The van der Waals surface area contributed by atoms with Crippen molar-refractivity contribution in [1.82, 2.24) is 0 Å². The zero-order valence-corrected chi connectivity index (χ0v) is 28.4. The summed E-state index contributed by atoms with van der Waals surface area (Å²) in [6.07, 6.45) is 31.4. The first-order valence-electron chi connectivity index (χ1n) is 16.1. The third kappa shape index (κ3) is 58.5. The van der Waals surface area contributed by atoms with Crippen LogP contribution in [-0.2, 0) is 9.59 Å². The van der Waals surface area contributed by atoms with Crippen LogP contribution in [0.4, 0.5) is 0 Å². The summed E-state index contributed by atoms with van der Waals surface area (Å²) < 4.78 is 0. The van der Waals surface area contributed by atoms with Gasteiger partial charge in [-0.05, 0) is 19.3 Å². The summed E-state index contributed by atoms with van der Waals surface area (Å²) in [6, 6.07) is 0. The first kappa shape index (κ1) is 45.8. The van der Waals surface area contributed by atoms with E-state index in [-0.39, 0.29) is 49.2 Å². The average Bonchev–Trinajstić information content (AvgIpc) is 2.90. The molecule has 6 nitrogen and oxygen atoms in total. The second-order valence-corrected chi connectivity index (χ2v) is 10.5. The number of hydrogen-bond donors (Lipinski definition) is 3. The Morgan fingerprint density at radius 3 is 0.897 bits per heavy atom. The number of rotatable bonds is 27. The van der Waals surface area contributed by atoms with Crippen molar-refractivity contribution < 1.29 is 59.6 Å². The first-order chi connectivity index (χ1) is 18.5. The molecule has 3 N–H and O–H groups in total. The molecule has 7 heteroatoms. The van der Waals surface area contributed by atoms with Crippen molar-refractivity contribution in [2.24, 2.45) is 0 Å². The maximum atomic E-state index is 10.3. The number of aliphatic carboxylic acids is 2. The Bertz CT molecular complexity index is 446. The minimum Gasteiger partial charge on any atom is -0.550 e. The van der Waals surface area contributed by atoms with Gasteiger partial charge in [-0.2, -0.15) is 0 Å². The fourth-order valence-corrected chi connectivity index (χ4v) is 4.23. The van der Waals surface area contributed by atoms with Gasteiger partial charge in [0.25, 0.3) is 0 Å². The molecule has 0 aromatic rings. The first-order valence-corrected chi connectivity index (χ1v) is 16.1. The van der Waals surface area contributed by atoms with Gasteiger partial charge >= 0.3 is 35.5 Å². The smallest absolute Gasteiger partial charge is 0.550 e. The second kappa shape index (κ2) is 44.9. The number of carbonyl (C=O) groups is 2. The van der Waals surface area contributed by atoms with Crippen molar-refractivity contribution >= 4 is 11.9 Å². The molecule has 0 aromatic heterocycles. The van der Waals surface area contributed by atoms with E-state index in [1.54, 1.807) is 0 Å². The fourth-order valence-electron chi connectivity index (χ4n) is 4.23. The van der Waals surface area contributed by atoms with E-state index in [2.05, 4.69) is 13.8 Å². The number of carbonyl (C=O) groups excluding carboxylic acids is 1. The van der Waals surface area contributed by atoms with Gasteiger partial charge in [0.2, 0.25) is 0 Å². The second-order valence-electron chi connectivity index (χ2n) is 10.5. The molecule has 0 atom stereocenters. The molecule has 39 heavy (non-hydrogen) atoms. The molecule has 0 aliphatic carbocycles. The Labute approximate surface area is 264 Å². The Balaban J connectivity index is -0.000000281. The fraction of sp³-hybridized carbons (Fsp3) is 0.938. The quantitative estimate of drug-likeness (QED) is 0.0952. The molecule has 0 fully saturated rings. The molecule has 0 bridgehead atoms. The summed E-state index contributed by atoms with van der Waals surface area (Å²) in [5, 5.41) is 33.9. The Hall–Kier alpha value is -0.140. The van der Waals surface area contributed by atoms with Crippen LogP contribution in [0.5, 0.6) is 0 Å². The van der Waals surface area contributed by atoms with Crippen LogP contribution in [0.25, 0.3) is 0 Å². The van der Waals surface area contributed by atoms with Gasteiger partial charge in [0, 0.05) is 12.4 Å². The van der Waals surface area contributed by atoms with Crippen molar-refractivity contribution in [2.45, 2.75) is 181 Å².